The highest BCUT2D eigenvalue weighted by Gasteiger charge is 2.15. The molecule has 0 bridgehead atoms. The number of benzene rings is 2. The molecule has 0 aliphatic rings. The number of aromatic nitrogens is 1. The third kappa shape index (κ3) is 4.02. The second kappa shape index (κ2) is 7.85. The molecule has 4 aromatic rings. The van der Waals surface area contributed by atoms with Crippen molar-refractivity contribution >= 4 is 40.0 Å². The van der Waals surface area contributed by atoms with Crippen molar-refractivity contribution in [1.82, 2.24) is 4.98 Å². The minimum Gasteiger partial charge on any atom is -0.438 e. The number of aryl methyl sites for hydroxylation is 1. The van der Waals surface area contributed by atoms with Gasteiger partial charge in [-0.15, -0.1) is 0 Å². The molecular weight excluding hydrogens is 393 g/mol. The van der Waals surface area contributed by atoms with Gasteiger partial charge in [0.25, 0.3) is 5.91 Å². The summed E-state index contributed by atoms with van der Waals surface area (Å²) >= 11 is 5.84. The number of amides is 1. The predicted molar refractivity (Wildman–Crippen MR) is 110 cm³/mol. The van der Waals surface area contributed by atoms with E-state index in [0.29, 0.717) is 16.8 Å². The maximum atomic E-state index is 14.3. The summed E-state index contributed by atoms with van der Waals surface area (Å²) in [6.45, 7) is 1.90. The Balaban J connectivity index is 1.86. The van der Waals surface area contributed by atoms with Crippen LogP contribution >= 0.6 is 11.6 Å². The monoisotopic (exact) mass is 407 g/mol. The zero-order valence-electron chi connectivity index (χ0n) is 15.3. The lowest BCUT2D eigenvalue weighted by atomic mass is 10.1. The Morgan fingerprint density at radius 3 is 2.76 bits per heavy atom. The Morgan fingerprint density at radius 2 is 1.97 bits per heavy atom. The molecule has 5 nitrogen and oxygen atoms in total. The van der Waals surface area contributed by atoms with Gasteiger partial charge in [-0.3, -0.25) is 4.79 Å². The van der Waals surface area contributed by atoms with Crippen molar-refractivity contribution in [2.45, 2.75) is 6.92 Å². The molecular formula is C22H15ClFN3O2. The second-order valence-corrected chi connectivity index (χ2v) is 6.77. The van der Waals surface area contributed by atoms with E-state index in [4.69, 9.17) is 16.0 Å². The van der Waals surface area contributed by atoms with Crippen LogP contribution in [0.3, 0.4) is 0 Å². The molecule has 0 aliphatic carbocycles. The number of nitrogens with zero attached hydrogens (tertiary/aromatic N) is 2. The number of halogens is 2. The molecule has 2 aromatic heterocycles. The molecule has 4 rings (SSSR count). The van der Waals surface area contributed by atoms with Gasteiger partial charge in [0.15, 0.2) is 5.82 Å². The maximum Gasteiger partial charge on any atom is 0.262 e. The van der Waals surface area contributed by atoms with Crippen molar-refractivity contribution in [1.29, 1.82) is 0 Å². The van der Waals surface area contributed by atoms with Crippen LogP contribution in [0.2, 0.25) is 5.02 Å². The van der Waals surface area contributed by atoms with Gasteiger partial charge in [0, 0.05) is 11.6 Å². The van der Waals surface area contributed by atoms with Crippen LogP contribution in [-0.2, 0) is 0 Å². The number of para-hydroxylation sites is 1. The van der Waals surface area contributed by atoms with E-state index in [1.807, 2.05) is 25.1 Å². The van der Waals surface area contributed by atoms with E-state index in [1.165, 1.54) is 12.1 Å². The zero-order valence-corrected chi connectivity index (χ0v) is 16.1. The molecule has 0 aliphatic heterocycles. The Kier molecular flexibility index (Phi) is 5.10. The fourth-order valence-corrected chi connectivity index (χ4v) is 2.90. The SMILES string of the molecule is Cc1ccc(NC(=O)c2cc3ccccc3oc2=Nc2cccc(Cl)c2F)nc1. The molecule has 0 fully saturated rings. The minimum absolute atomic E-state index is 0.0287. The number of rotatable bonds is 3. The van der Waals surface area contributed by atoms with Crippen molar-refractivity contribution in [3.8, 4) is 0 Å². The highest BCUT2D eigenvalue weighted by Crippen LogP contribution is 2.24. The summed E-state index contributed by atoms with van der Waals surface area (Å²) in [6.07, 6.45) is 1.65. The largest absolute Gasteiger partial charge is 0.438 e. The van der Waals surface area contributed by atoms with Crippen LogP contribution in [0.15, 0.2) is 76.3 Å². The molecule has 29 heavy (non-hydrogen) atoms. The first-order valence-electron chi connectivity index (χ1n) is 8.77. The summed E-state index contributed by atoms with van der Waals surface area (Å²) in [5.41, 5.74) is 1.56. The van der Waals surface area contributed by atoms with Gasteiger partial charge in [-0.05, 0) is 42.8 Å². The van der Waals surface area contributed by atoms with Crippen LogP contribution in [0, 0.1) is 12.7 Å². The molecule has 1 amide bonds. The summed E-state index contributed by atoms with van der Waals surface area (Å²) in [6, 6.07) is 16.8. The normalized spacial score (nSPS) is 11.6. The number of nitrogens with one attached hydrogen (secondary N) is 1. The topological polar surface area (TPSA) is 67.5 Å². The van der Waals surface area contributed by atoms with Gasteiger partial charge in [0.2, 0.25) is 5.55 Å². The van der Waals surface area contributed by atoms with E-state index >= 15 is 0 Å². The standard InChI is InChI=1S/C22H15ClFN3O2/c1-13-9-10-19(25-12-13)27-21(28)15-11-14-5-2-3-8-18(14)29-22(15)26-17-7-4-6-16(23)20(17)24/h2-12H,1H3,(H,25,27,28). The molecule has 0 saturated carbocycles. The lowest BCUT2D eigenvalue weighted by Gasteiger charge is -2.07. The molecule has 0 atom stereocenters. The van der Waals surface area contributed by atoms with E-state index in [1.54, 1.807) is 36.5 Å². The molecule has 1 N–H and O–H groups in total. The number of carbonyl (C=O) groups excluding carboxylic acids is 1. The lowest BCUT2D eigenvalue weighted by molar-refractivity contribution is 0.102. The van der Waals surface area contributed by atoms with E-state index in [2.05, 4.69) is 15.3 Å². The van der Waals surface area contributed by atoms with E-state index in [0.717, 1.165) is 5.56 Å². The summed E-state index contributed by atoms with van der Waals surface area (Å²) in [5, 5.41) is 3.35. The van der Waals surface area contributed by atoms with Crippen LogP contribution in [0.4, 0.5) is 15.9 Å². The van der Waals surface area contributed by atoms with Crippen molar-refractivity contribution in [2.24, 2.45) is 4.99 Å². The summed E-state index contributed by atoms with van der Waals surface area (Å²) in [7, 11) is 0. The number of hydrogen-bond acceptors (Lipinski definition) is 4. The quantitative estimate of drug-likeness (QED) is 0.493. The molecule has 0 spiro atoms. The average molecular weight is 408 g/mol. The van der Waals surface area contributed by atoms with E-state index < -0.39 is 11.7 Å². The highest BCUT2D eigenvalue weighted by molar-refractivity contribution is 6.31. The molecule has 0 unspecified atom stereocenters. The number of fused-ring (bicyclic) bond motifs is 1. The summed E-state index contributed by atoms with van der Waals surface area (Å²) < 4.78 is 20.2. The van der Waals surface area contributed by atoms with E-state index in [-0.39, 0.29) is 21.8 Å². The predicted octanol–water partition coefficient (Wildman–Crippen LogP) is 5.41. The van der Waals surface area contributed by atoms with E-state index in [9.17, 15) is 9.18 Å². The molecule has 0 saturated heterocycles. The lowest BCUT2D eigenvalue weighted by Crippen LogP contribution is -2.22. The highest BCUT2D eigenvalue weighted by atomic mass is 35.5. The smallest absolute Gasteiger partial charge is 0.262 e. The molecule has 0 radical (unpaired) electrons. The van der Waals surface area contributed by atoms with Crippen LogP contribution in [-0.4, -0.2) is 10.9 Å². The van der Waals surface area contributed by atoms with Crippen molar-refractivity contribution < 1.29 is 13.6 Å². The number of carbonyl (C=O) groups is 1. The van der Waals surface area contributed by atoms with Crippen LogP contribution in [0.25, 0.3) is 11.0 Å². The molecule has 2 aromatic carbocycles. The zero-order chi connectivity index (χ0) is 20.4. The Hall–Kier alpha value is -3.51. The first-order chi connectivity index (χ1) is 14.0. The maximum absolute atomic E-state index is 14.3. The molecule has 7 heteroatoms. The number of pyridine rings is 1. The Morgan fingerprint density at radius 1 is 1.14 bits per heavy atom. The summed E-state index contributed by atoms with van der Waals surface area (Å²) in [4.78, 5) is 21.3. The second-order valence-electron chi connectivity index (χ2n) is 6.36. The van der Waals surface area contributed by atoms with Gasteiger partial charge < -0.3 is 9.73 Å². The van der Waals surface area contributed by atoms with Crippen molar-refractivity contribution in [2.75, 3.05) is 5.32 Å². The fourth-order valence-electron chi connectivity index (χ4n) is 2.73. The Labute approximate surface area is 170 Å². The molecule has 2 heterocycles. The van der Waals surface area contributed by atoms with Gasteiger partial charge in [0.1, 0.15) is 22.7 Å². The van der Waals surface area contributed by atoms with Crippen molar-refractivity contribution in [3.63, 3.8) is 0 Å². The van der Waals surface area contributed by atoms with Crippen LogP contribution < -0.4 is 10.9 Å². The minimum atomic E-state index is -0.691. The van der Waals surface area contributed by atoms with Crippen LogP contribution in [0.5, 0.6) is 0 Å². The van der Waals surface area contributed by atoms with Gasteiger partial charge in [-0.2, -0.15) is 0 Å². The number of anilines is 1. The number of hydrogen-bond donors (Lipinski definition) is 1. The average Bonchev–Trinajstić information content (AvgIpc) is 2.72. The van der Waals surface area contributed by atoms with Gasteiger partial charge in [-0.25, -0.2) is 14.4 Å². The van der Waals surface area contributed by atoms with Gasteiger partial charge in [-0.1, -0.05) is 41.9 Å². The van der Waals surface area contributed by atoms with Gasteiger partial charge in [0.05, 0.1) is 5.02 Å². The van der Waals surface area contributed by atoms with Crippen molar-refractivity contribution in [3.05, 3.63) is 94.4 Å². The first kappa shape index (κ1) is 18.8. The fraction of sp³-hybridized carbons (Fsp3) is 0.0455. The third-order valence-corrected chi connectivity index (χ3v) is 4.50. The molecule has 144 valence electrons. The first-order valence-corrected chi connectivity index (χ1v) is 9.15. The third-order valence-electron chi connectivity index (χ3n) is 4.21. The van der Waals surface area contributed by atoms with Crippen LogP contribution in [0.1, 0.15) is 15.9 Å². The van der Waals surface area contributed by atoms with Gasteiger partial charge >= 0.3 is 0 Å². The Bertz CT molecular complexity index is 1280. The summed E-state index contributed by atoms with van der Waals surface area (Å²) in [5.74, 6) is -0.783.